The zero-order valence-corrected chi connectivity index (χ0v) is 10.4. The molecule has 1 atom stereocenters. The zero-order chi connectivity index (χ0) is 12.1. The fourth-order valence-electron chi connectivity index (χ4n) is 1.84. The smallest absolute Gasteiger partial charge is 0.416 e. The van der Waals surface area contributed by atoms with Crippen LogP contribution in [-0.4, -0.2) is 29.5 Å². The second-order valence-corrected chi connectivity index (χ2v) is 4.72. The molecule has 1 saturated heterocycles. The number of rotatable bonds is 5. The molecule has 0 aromatic heterocycles. The van der Waals surface area contributed by atoms with Crippen molar-refractivity contribution in [3.05, 3.63) is 0 Å². The number of imide groups is 1. The predicted octanol–water partition coefficient (Wildman–Crippen LogP) is 2.57. The Kier molecular flexibility index (Phi) is 4.77. The second-order valence-electron chi connectivity index (χ2n) is 4.72. The standard InChI is InChI=1S/C12H21NO3/c1-4-5-10-8-16-12(15)13(10)11(14)7-6-9(2)3/h9-10H,4-8H2,1-3H3/t10-/m0/s1. The van der Waals surface area contributed by atoms with Gasteiger partial charge in [0, 0.05) is 6.42 Å². The first-order chi connectivity index (χ1) is 7.56. The van der Waals surface area contributed by atoms with Crippen molar-refractivity contribution in [2.45, 2.75) is 52.5 Å². The second kappa shape index (κ2) is 5.87. The number of amides is 2. The third-order valence-corrected chi connectivity index (χ3v) is 2.79. The molecule has 0 aromatic rings. The van der Waals surface area contributed by atoms with Crippen LogP contribution in [0.25, 0.3) is 0 Å². The third kappa shape index (κ3) is 3.22. The topological polar surface area (TPSA) is 46.6 Å². The zero-order valence-electron chi connectivity index (χ0n) is 10.4. The summed E-state index contributed by atoms with van der Waals surface area (Å²) in [5.74, 6) is 0.391. The summed E-state index contributed by atoms with van der Waals surface area (Å²) in [4.78, 5) is 24.6. The molecule has 1 fully saturated rings. The summed E-state index contributed by atoms with van der Waals surface area (Å²) in [5.41, 5.74) is 0. The Hall–Kier alpha value is -1.06. The van der Waals surface area contributed by atoms with Crippen molar-refractivity contribution in [3.63, 3.8) is 0 Å². The maximum Gasteiger partial charge on any atom is 0.416 e. The number of hydrogen-bond acceptors (Lipinski definition) is 3. The number of hydrogen-bond donors (Lipinski definition) is 0. The van der Waals surface area contributed by atoms with E-state index in [0.29, 0.717) is 18.9 Å². The van der Waals surface area contributed by atoms with Gasteiger partial charge in [0.25, 0.3) is 0 Å². The lowest BCUT2D eigenvalue weighted by Crippen LogP contribution is -2.38. The first kappa shape index (κ1) is 13.0. The predicted molar refractivity (Wildman–Crippen MR) is 61.0 cm³/mol. The van der Waals surface area contributed by atoms with Crippen LogP contribution in [0.5, 0.6) is 0 Å². The number of nitrogens with zero attached hydrogens (tertiary/aromatic N) is 1. The van der Waals surface area contributed by atoms with Gasteiger partial charge in [0.05, 0.1) is 6.04 Å². The lowest BCUT2D eigenvalue weighted by molar-refractivity contribution is -0.129. The summed E-state index contributed by atoms with van der Waals surface area (Å²) in [7, 11) is 0. The molecule has 2 amide bonds. The lowest BCUT2D eigenvalue weighted by atomic mass is 10.1. The van der Waals surface area contributed by atoms with Crippen LogP contribution in [0, 0.1) is 5.92 Å². The molecular formula is C12H21NO3. The van der Waals surface area contributed by atoms with Crippen LogP contribution in [0.2, 0.25) is 0 Å². The Labute approximate surface area is 96.9 Å². The van der Waals surface area contributed by atoms with Crippen molar-refractivity contribution in [1.29, 1.82) is 0 Å². The van der Waals surface area contributed by atoms with Gasteiger partial charge in [-0.2, -0.15) is 0 Å². The number of carbonyl (C=O) groups is 2. The summed E-state index contributed by atoms with van der Waals surface area (Å²) < 4.78 is 4.92. The molecule has 0 radical (unpaired) electrons. The van der Waals surface area contributed by atoms with Crippen LogP contribution in [-0.2, 0) is 9.53 Å². The number of ether oxygens (including phenoxy) is 1. The van der Waals surface area contributed by atoms with E-state index in [9.17, 15) is 9.59 Å². The average molecular weight is 227 g/mol. The highest BCUT2D eigenvalue weighted by Crippen LogP contribution is 2.19. The van der Waals surface area contributed by atoms with E-state index < -0.39 is 6.09 Å². The molecule has 1 aliphatic rings. The largest absolute Gasteiger partial charge is 0.447 e. The van der Waals surface area contributed by atoms with Gasteiger partial charge in [0.15, 0.2) is 0 Å². The van der Waals surface area contributed by atoms with Crippen molar-refractivity contribution in [1.82, 2.24) is 4.90 Å². The van der Waals surface area contributed by atoms with Crippen LogP contribution in [0.4, 0.5) is 4.79 Å². The van der Waals surface area contributed by atoms with Crippen molar-refractivity contribution < 1.29 is 14.3 Å². The molecule has 1 aliphatic heterocycles. The van der Waals surface area contributed by atoms with E-state index in [1.54, 1.807) is 0 Å². The fourth-order valence-corrected chi connectivity index (χ4v) is 1.84. The molecule has 0 saturated carbocycles. The molecule has 0 bridgehead atoms. The molecule has 0 N–H and O–H groups in total. The van der Waals surface area contributed by atoms with Gasteiger partial charge in [-0.15, -0.1) is 0 Å². The van der Waals surface area contributed by atoms with Crippen LogP contribution in [0.3, 0.4) is 0 Å². The molecule has 92 valence electrons. The summed E-state index contributed by atoms with van der Waals surface area (Å²) >= 11 is 0. The van der Waals surface area contributed by atoms with Gasteiger partial charge in [0.1, 0.15) is 6.61 Å². The Morgan fingerprint density at radius 3 is 2.81 bits per heavy atom. The van der Waals surface area contributed by atoms with E-state index in [2.05, 4.69) is 13.8 Å². The van der Waals surface area contributed by atoms with Crippen molar-refractivity contribution >= 4 is 12.0 Å². The molecule has 4 heteroatoms. The summed E-state index contributed by atoms with van der Waals surface area (Å²) in [6.45, 7) is 6.54. The number of cyclic esters (lactones) is 1. The molecule has 1 heterocycles. The molecule has 0 unspecified atom stereocenters. The van der Waals surface area contributed by atoms with Crippen LogP contribution < -0.4 is 0 Å². The Morgan fingerprint density at radius 2 is 2.25 bits per heavy atom. The Bertz CT molecular complexity index is 263. The molecule has 0 aromatic carbocycles. The van der Waals surface area contributed by atoms with E-state index in [0.717, 1.165) is 19.3 Å². The van der Waals surface area contributed by atoms with Gasteiger partial charge < -0.3 is 4.74 Å². The van der Waals surface area contributed by atoms with E-state index in [-0.39, 0.29) is 11.9 Å². The van der Waals surface area contributed by atoms with Crippen molar-refractivity contribution in [3.8, 4) is 0 Å². The molecule has 0 aliphatic carbocycles. The summed E-state index contributed by atoms with van der Waals surface area (Å²) in [5, 5.41) is 0. The fraction of sp³-hybridized carbons (Fsp3) is 0.833. The van der Waals surface area contributed by atoms with Gasteiger partial charge in [-0.3, -0.25) is 4.79 Å². The first-order valence-corrected chi connectivity index (χ1v) is 6.05. The third-order valence-electron chi connectivity index (χ3n) is 2.79. The summed E-state index contributed by atoms with van der Waals surface area (Å²) in [6.07, 6.45) is 2.58. The highest BCUT2D eigenvalue weighted by Gasteiger charge is 2.36. The number of carbonyl (C=O) groups excluding carboxylic acids is 2. The van der Waals surface area contributed by atoms with Crippen LogP contribution in [0.15, 0.2) is 0 Å². The molecule has 1 rings (SSSR count). The van der Waals surface area contributed by atoms with Gasteiger partial charge in [-0.05, 0) is 18.8 Å². The first-order valence-electron chi connectivity index (χ1n) is 6.05. The molecule has 0 spiro atoms. The highest BCUT2D eigenvalue weighted by molar-refractivity contribution is 5.93. The molecule has 4 nitrogen and oxygen atoms in total. The minimum Gasteiger partial charge on any atom is -0.447 e. The summed E-state index contributed by atoms with van der Waals surface area (Å²) in [6, 6.07) is -0.0443. The van der Waals surface area contributed by atoms with Gasteiger partial charge >= 0.3 is 6.09 Å². The van der Waals surface area contributed by atoms with Gasteiger partial charge in [-0.1, -0.05) is 27.2 Å². The Balaban J connectivity index is 2.53. The van der Waals surface area contributed by atoms with Crippen LogP contribution in [0.1, 0.15) is 46.5 Å². The van der Waals surface area contributed by atoms with Crippen LogP contribution >= 0.6 is 0 Å². The molecule has 16 heavy (non-hydrogen) atoms. The lowest BCUT2D eigenvalue weighted by Gasteiger charge is -2.19. The van der Waals surface area contributed by atoms with E-state index in [1.807, 2.05) is 6.92 Å². The van der Waals surface area contributed by atoms with Crippen molar-refractivity contribution in [2.75, 3.05) is 6.61 Å². The van der Waals surface area contributed by atoms with Crippen molar-refractivity contribution in [2.24, 2.45) is 5.92 Å². The monoisotopic (exact) mass is 227 g/mol. The minimum atomic E-state index is -0.466. The quantitative estimate of drug-likeness (QED) is 0.725. The highest BCUT2D eigenvalue weighted by atomic mass is 16.6. The van der Waals surface area contributed by atoms with Gasteiger partial charge in [-0.25, -0.2) is 9.69 Å². The normalized spacial score (nSPS) is 20.4. The Morgan fingerprint density at radius 1 is 1.56 bits per heavy atom. The van der Waals surface area contributed by atoms with E-state index >= 15 is 0 Å². The van der Waals surface area contributed by atoms with E-state index in [4.69, 9.17) is 4.74 Å². The van der Waals surface area contributed by atoms with Gasteiger partial charge in [0.2, 0.25) is 5.91 Å². The maximum atomic E-state index is 11.9. The average Bonchev–Trinajstić information content (AvgIpc) is 2.57. The SMILES string of the molecule is CCC[C@H]1COC(=O)N1C(=O)CCC(C)C. The van der Waals surface area contributed by atoms with E-state index in [1.165, 1.54) is 4.90 Å². The maximum absolute atomic E-state index is 11.9. The minimum absolute atomic E-state index is 0.0443. The molecular weight excluding hydrogens is 206 g/mol.